The zero-order valence-electron chi connectivity index (χ0n) is 17.4. The van der Waals surface area contributed by atoms with Gasteiger partial charge in [-0.2, -0.15) is 0 Å². The molecule has 2 aromatic heterocycles. The molecule has 6 nitrogen and oxygen atoms in total. The molecule has 3 heterocycles. The van der Waals surface area contributed by atoms with E-state index in [4.69, 9.17) is 4.74 Å². The molecule has 0 fully saturated rings. The molecule has 4 rings (SSSR count). The van der Waals surface area contributed by atoms with Crippen LogP contribution in [-0.4, -0.2) is 45.4 Å². The summed E-state index contributed by atoms with van der Waals surface area (Å²) in [5, 5.41) is 2.74. The van der Waals surface area contributed by atoms with Gasteiger partial charge >= 0.3 is 0 Å². The predicted octanol–water partition coefficient (Wildman–Crippen LogP) is 3.90. The van der Waals surface area contributed by atoms with Crippen LogP contribution in [0.15, 0.2) is 48.1 Å². The molecule has 0 bridgehead atoms. The zero-order valence-corrected chi connectivity index (χ0v) is 18.2. The van der Waals surface area contributed by atoms with Gasteiger partial charge in [0, 0.05) is 43.0 Å². The number of pyridine rings is 1. The SMILES string of the molecule is CCN(Cc1ccncc1)Cc1ccc2c(c1)CN(C(=O)c1csc(C)n1)CCO2. The van der Waals surface area contributed by atoms with Crippen molar-refractivity contribution < 1.29 is 9.53 Å². The molecule has 30 heavy (non-hydrogen) atoms. The first kappa shape index (κ1) is 20.5. The minimum atomic E-state index is -0.0333. The van der Waals surface area contributed by atoms with Crippen molar-refractivity contribution >= 4 is 17.2 Å². The Morgan fingerprint density at radius 3 is 2.73 bits per heavy atom. The van der Waals surface area contributed by atoms with Crippen molar-refractivity contribution in [2.45, 2.75) is 33.5 Å². The Bertz CT molecular complexity index is 1010. The molecule has 0 radical (unpaired) electrons. The van der Waals surface area contributed by atoms with E-state index in [1.54, 1.807) is 0 Å². The molecule has 0 saturated carbocycles. The predicted molar refractivity (Wildman–Crippen MR) is 118 cm³/mol. The Hall–Kier alpha value is -2.77. The highest BCUT2D eigenvalue weighted by Gasteiger charge is 2.23. The van der Waals surface area contributed by atoms with Gasteiger partial charge in [0.1, 0.15) is 18.1 Å². The first-order valence-electron chi connectivity index (χ1n) is 10.2. The van der Waals surface area contributed by atoms with Gasteiger partial charge in [-0.3, -0.25) is 14.7 Å². The van der Waals surface area contributed by atoms with Gasteiger partial charge in [-0.05, 0) is 48.9 Å². The summed E-state index contributed by atoms with van der Waals surface area (Å²) in [5.41, 5.74) is 4.03. The minimum absolute atomic E-state index is 0.0333. The Morgan fingerprint density at radius 1 is 1.20 bits per heavy atom. The van der Waals surface area contributed by atoms with Crippen molar-refractivity contribution in [2.75, 3.05) is 19.7 Å². The van der Waals surface area contributed by atoms with Gasteiger partial charge in [-0.1, -0.05) is 13.0 Å². The Kier molecular flexibility index (Phi) is 6.40. The smallest absolute Gasteiger partial charge is 0.273 e. The molecule has 0 spiro atoms. The van der Waals surface area contributed by atoms with Crippen LogP contribution in [0.1, 0.15) is 39.1 Å². The molecule has 1 aliphatic heterocycles. The molecule has 7 heteroatoms. The highest BCUT2D eigenvalue weighted by Crippen LogP contribution is 2.26. The van der Waals surface area contributed by atoms with Crippen LogP contribution in [0.4, 0.5) is 0 Å². The van der Waals surface area contributed by atoms with Gasteiger partial charge in [0.15, 0.2) is 0 Å². The molecule has 156 valence electrons. The van der Waals surface area contributed by atoms with Crippen molar-refractivity contribution in [3.63, 3.8) is 0 Å². The van der Waals surface area contributed by atoms with Crippen LogP contribution in [0, 0.1) is 6.92 Å². The number of fused-ring (bicyclic) bond motifs is 1. The molecule has 1 aliphatic rings. The quantitative estimate of drug-likeness (QED) is 0.603. The molecule has 3 aromatic rings. The highest BCUT2D eigenvalue weighted by molar-refractivity contribution is 7.09. The van der Waals surface area contributed by atoms with E-state index in [0.29, 0.717) is 25.4 Å². The van der Waals surface area contributed by atoms with E-state index in [1.165, 1.54) is 22.5 Å². The molecule has 0 saturated heterocycles. The summed E-state index contributed by atoms with van der Waals surface area (Å²) in [6.07, 6.45) is 3.66. The second kappa shape index (κ2) is 9.36. The first-order chi connectivity index (χ1) is 14.6. The largest absolute Gasteiger partial charge is 0.491 e. The normalized spacial score (nSPS) is 13.6. The van der Waals surface area contributed by atoms with Gasteiger partial charge < -0.3 is 9.64 Å². The van der Waals surface area contributed by atoms with Crippen LogP contribution >= 0.6 is 11.3 Å². The number of carbonyl (C=O) groups is 1. The number of ether oxygens (including phenoxy) is 1. The molecule has 0 N–H and O–H groups in total. The number of rotatable bonds is 6. The number of amides is 1. The third-order valence-corrected chi connectivity index (χ3v) is 6.01. The van der Waals surface area contributed by atoms with Gasteiger partial charge in [0.05, 0.1) is 11.6 Å². The average molecular weight is 423 g/mol. The van der Waals surface area contributed by atoms with Gasteiger partial charge in [0.2, 0.25) is 0 Å². The summed E-state index contributed by atoms with van der Waals surface area (Å²) in [6.45, 7) is 8.33. The monoisotopic (exact) mass is 422 g/mol. The fourth-order valence-electron chi connectivity index (χ4n) is 3.63. The number of hydrogen-bond acceptors (Lipinski definition) is 6. The van der Waals surface area contributed by atoms with E-state index in [2.05, 4.69) is 46.1 Å². The van der Waals surface area contributed by atoms with E-state index in [0.717, 1.165) is 36.0 Å². The third kappa shape index (κ3) is 4.86. The lowest BCUT2D eigenvalue weighted by atomic mass is 10.1. The lowest BCUT2D eigenvalue weighted by Crippen LogP contribution is -2.32. The topological polar surface area (TPSA) is 58.6 Å². The first-order valence-corrected chi connectivity index (χ1v) is 11.1. The summed E-state index contributed by atoms with van der Waals surface area (Å²) in [7, 11) is 0. The molecular weight excluding hydrogens is 396 g/mol. The van der Waals surface area contributed by atoms with E-state index in [-0.39, 0.29) is 5.91 Å². The van der Waals surface area contributed by atoms with Crippen molar-refractivity contribution in [1.29, 1.82) is 0 Å². The van der Waals surface area contributed by atoms with E-state index in [9.17, 15) is 4.79 Å². The standard InChI is InChI=1S/C23H26N4O2S/c1-3-26(13-18-6-8-24-9-7-18)14-19-4-5-22-20(12-19)15-27(10-11-29-22)23(28)21-16-30-17(2)25-21/h4-9,12,16H,3,10-11,13-15H2,1-2H3. The van der Waals surface area contributed by atoms with Crippen LogP contribution in [-0.2, 0) is 19.6 Å². The van der Waals surface area contributed by atoms with Crippen molar-refractivity contribution in [3.8, 4) is 5.75 Å². The number of aromatic nitrogens is 2. The minimum Gasteiger partial charge on any atom is -0.491 e. The fourth-order valence-corrected chi connectivity index (χ4v) is 4.21. The summed E-state index contributed by atoms with van der Waals surface area (Å²) in [4.78, 5) is 25.6. The summed E-state index contributed by atoms with van der Waals surface area (Å²) < 4.78 is 5.92. The van der Waals surface area contributed by atoms with Crippen molar-refractivity contribution in [2.24, 2.45) is 0 Å². The number of carbonyl (C=O) groups excluding carboxylic acids is 1. The maximum absolute atomic E-state index is 12.9. The Balaban J connectivity index is 1.49. The van der Waals surface area contributed by atoms with Crippen molar-refractivity contribution in [1.82, 2.24) is 19.8 Å². The number of benzene rings is 1. The Morgan fingerprint density at radius 2 is 2.00 bits per heavy atom. The lowest BCUT2D eigenvalue weighted by molar-refractivity contribution is 0.0728. The van der Waals surface area contributed by atoms with Gasteiger partial charge in [-0.15, -0.1) is 11.3 Å². The van der Waals surface area contributed by atoms with Crippen LogP contribution in [0.3, 0.4) is 0 Å². The van der Waals surface area contributed by atoms with Crippen LogP contribution in [0.25, 0.3) is 0 Å². The average Bonchev–Trinajstić information content (AvgIpc) is 3.08. The third-order valence-electron chi connectivity index (χ3n) is 5.24. The lowest BCUT2D eigenvalue weighted by Gasteiger charge is -2.22. The van der Waals surface area contributed by atoms with E-state index in [1.807, 2.05) is 35.7 Å². The van der Waals surface area contributed by atoms with E-state index < -0.39 is 0 Å². The summed E-state index contributed by atoms with van der Waals surface area (Å²) in [5.74, 6) is 0.828. The van der Waals surface area contributed by atoms with Crippen LogP contribution < -0.4 is 4.74 Å². The summed E-state index contributed by atoms with van der Waals surface area (Å²) in [6, 6.07) is 10.4. The number of aryl methyl sites for hydroxylation is 1. The van der Waals surface area contributed by atoms with Crippen LogP contribution in [0.5, 0.6) is 5.75 Å². The molecule has 0 atom stereocenters. The maximum Gasteiger partial charge on any atom is 0.273 e. The van der Waals surface area contributed by atoms with Crippen molar-refractivity contribution in [3.05, 3.63) is 75.5 Å². The maximum atomic E-state index is 12.9. The molecule has 1 amide bonds. The number of hydrogen-bond donors (Lipinski definition) is 0. The molecule has 1 aromatic carbocycles. The fraction of sp³-hybridized carbons (Fsp3) is 0.348. The van der Waals surface area contributed by atoms with Gasteiger partial charge in [0.25, 0.3) is 5.91 Å². The second-order valence-electron chi connectivity index (χ2n) is 7.43. The zero-order chi connectivity index (χ0) is 20.9. The highest BCUT2D eigenvalue weighted by atomic mass is 32.1. The molecule has 0 aliphatic carbocycles. The summed E-state index contributed by atoms with van der Waals surface area (Å²) >= 11 is 1.50. The molecule has 0 unspecified atom stereocenters. The van der Waals surface area contributed by atoms with E-state index >= 15 is 0 Å². The Labute approximate surface area is 181 Å². The number of nitrogens with zero attached hydrogens (tertiary/aromatic N) is 4. The number of thiazole rings is 1. The van der Waals surface area contributed by atoms with Crippen LogP contribution in [0.2, 0.25) is 0 Å². The van der Waals surface area contributed by atoms with Gasteiger partial charge in [-0.25, -0.2) is 4.98 Å². The second-order valence-corrected chi connectivity index (χ2v) is 8.49. The molecular formula is C23H26N4O2S.